The first-order valence-electron chi connectivity index (χ1n) is 6.71. The molecule has 1 atom stereocenters. The lowest BCUT2D eigenvalue weighted by atomic mass is 10.0. The first kappa shape index (κ1) is 14.0. The van der Waals surface area contributed by atoms with Gasteiger partial charge in [-0.25, -0.2) is 0 Å². The number of amides is 1. The first-order valence-corrected chi connectivity index (χ1v) is 8.79. The fraction of sp³-hybridized carbons (Fsp3) is 0.400. The molecule has 1 aromatic carbocycles. The second kappa shape index (κ2) is 5.45. The predicted octanol–water partition coefficient (Wildman–Crippen LogP) is 3.57. The molecule has 1 N–H and O–H groups in total. The molecule has 20 heavy (non-hydrogen) atoms. The molecule has 1 unspecified atom stereocenters. The van der Waals surface area contributed by atoms with E-state index in [0.29, 0.717) is 0 Å². The van der Waals surface area contributed by atoms with E-state index < -0.39 is 0 Å². The topological polar surface area (TPSA) is 36.1 Å². The summed E-state index contributed by atoms with van der Waals surface area (Å²) < 4.78 is 1.08. The Morgan fingerprint density at radius 3 is 3.05 bits per heavy atom. The molecule has 0 bridgehead atoms. The van der Waals surface area contributed by atoms with Crippen LogP contribution in [0.4, 0.5) is 0 Å². The summed E-state index contributed by atoms with van der Waals surface area (Å²) in [5, 5.41) is 1.26. The van der Waals surface area contributed by atoms with Crippen LogP contribution in [0.25, 0.3) is 10.9 Å². The Balaban J connectivity index is 1.97. The van der Waals surface area contributed by atoms with Crippen LogP contribution in [-0.2, 0) is 17.8 Å². The number of fused-ring (bicyclic) bond motifs is 3. The minimum atomic E-state index is 0.0356. The number of hydrogen-bond donors (Lipinski definition) is 1. The van der Waals surface area contributed by atoms with E-state index >= 15 is 0 Å². The number of H-pyrrole nitrogens is 1. The van der Waals surface area contributed by atoms with Gasteiger partial charge in [0.25, 0.3) is 0 Å². The van der Waals surface area contributed by atoms with Crippen molar-refractivity contribution < 1.29 is 4.79 Å². The molecule has 0 fully saturated rings. The van der Waals surface area contributed by atoms with Crippen molar-refractivity contribution in [2.24, 2.45) is 0 Å². The normalized spacial score (nSPS) is 16.2. The monoisotopic (exact) mass is 352 g/mol. The van der Waals surface area contributed by atoms with Crippen molar-refractivity contribution in [1.82, 2.24) is 9.88 Å². The highest BCUT2D eigenvalue weighted by Crippen LogP contribution is 2.32. The van der Waals surface area contributed by atoms with Crippen LogP contribution < -0.4 is 0 Å². The van der Waals surface area contributed by atoms with E-state index in [1.165, 1.54) is 16.6 Å². The van der Waals surface area contributed by atoms with E-state index in [1.54, 1.807) is 11.8 Å². The van der Waals surface area contributed by atoms with Crippen molar-refractivity contribution >= 4 is 44.5 Å². The quantitative estimate of drug-likeness (QED) is 0.896. The number of carbonyl (C=O) groups excluding carboxylic acids is 1. The molecular formula is C15H17BrN2OS. The van der Waals surface area contributed by atoms with Crippen molar-refractivity contribution in [2.45, 2.75) is 25.1 Å². The number of benzene rings is 1. The molecule has 106 valence electrons. The SMILES string of the molecule is CSC(C)C(=O)N1CCc2[nH]c3c(Br)cccc3c2C1. The zero-order chi connectivity index (χ0) is 14.3. The third kappa shape index (κ3) is 2.27. The molecule has 2 aromatic rings. The largest absolute Gasteiger partial charge is 0.357 e. The number of halogens is 1. The Bertz CT molecular complexity index is 667. The molecule has 1 amide bonds. The van der Waals surface area contributed by atoms with Gasteiger partial charge in [-0.15, -0.1) is 0 Å². The van der Waals surface area contributed by atoms with Gasteiger partial charge in [0, 0.05) is 40.6 Å². The summed E-state index contributed by atoms with van der Waals surface area (Å²) in [4.78, 5) is 17.8. The smallest absolute Gasteiger partial charge is 0.235 e. The summed E-state index contributed by atoms with van der Waals surface area (Å²) in [5.41, 5.74) is 3.69. The van der Waals surface area contributed by atoms with Gasteiger partial charge in [0.1, 0.15) is 0 Å². The number of aromatic amines is 1. The van der Waals surface area contributed by atoms with Crippen LogP contribution in [0.5, 0.6) is 0 Å². The fourth-order valence-corrected chi connectivity index (χ4v) is 3.56. The Morgan fingerprint density at radius 1 is 1.50 bits per heavy atom. The zero-order valence-corrected chi connectivity index (χ0v) is 14.0. The summed E-state index contributed by atoms with van der Waals surface area (Å²) in [6, 6.07) is 6.22. The van der Waals surface area contributed by atoms with Gasteiger partial charge in [-0.2, -0.15) is 11.8 Å². The van der Waals surface area contributed by atoms with Crippen molar-refractivity contribution in [1.29, 1.82) is 0 Å². The molecule has 3 nitrogen and oxygen atoms in total. The standard InChI is InChI=1S/C15H17BrN2OS/c1-9(20-2)15(19)18-7-6-13-11(8-18)10-4-3-5-12(16)14(10)17-13/h3-5,9,17H,6-8H2,1-2H3. The average molecular weight is 353 g/mol. The molecule has 0 radical (unpaired) electrons. The first-order chi connectivity index (χ1) is 9.61. The summed E-state index contributed by atoms with van der Waals surface area (Å²) in [6.07, 6.45) is 2.89. The van der Waals surface area contributed by atoms with Gasteiger partial charge in [-0.05, 0) is 35.2 Å². The van der Waals surface area contributed by atoms with Crippen LogP contribution in [0.1, 0.15) is 18.2 Å². The molecule has 0 saturated carbocycles. The lowest BCUT2D eigenvalue weighted by molar-refractivity contribution is -0.131. The van der Waals surface area contributed by atoms with Crippen molar-refractivity contribution in [2.75, 3.05) is 12.8 Å². The van der Waals surface area contributed by atoms with E-state index in [9.17, 15) is 4.79 Å². The maximum Gasteiger partial charge on any atom is 0.235 e. The van der Waals surface area contributed by atoms with Gasteiger partial charge in [-0.1, -0.05) is 12.1 Å². The Hall–Kier alpha value is -0.940. The highest BCUT2D eigenvalue weighted by Gasteiger charge is 2.26. The second-order valence-electron chi connectivity index (χ2n) is 5.13. The predicted molar refractivity (Wildman–Crippen MR) is 88.1 cm³/mol. The lowest BCUT2D eigenvalue weighted by Gasteiger charge is -2.29. The van der Waals surface area contributed by atoms with Crippen LogP contribution in [0.3, 0.4) is 0 Å². The fourth-order valence-electron chi connectivity index (χ4n) is 2.75. The van der Waals surface area contributed by atoms with Crippen molar-refractivity contribution in [3.63, 3.8) is 0 Å². The summed E-state index contributed by atoms with van der Waals surface area (Å²) in [5.74, 6) is 0.243. The Kier molecular flexibility index (Phi) is 3.82. The summed E-state index contributed by atoms with van der Waals surface area (Å²) in [6.45, 7) is 3.50. The lowest BCUT2D eigenvalue weighted by Crippen LogP contribution is -2.39. The average Bonchev–Trinajstić information content (AvgIpc) is 2.85. The van der Waals surface area contributed by atoms with Gasteiger partial charge in [0.2, 0.25) is 5.91 Å². The maximum atomic E-state index is 12.3. The number of nitrogens with zero attached hydrogens (tertiary/aromatic N) is 1. The molecule has 3 rings (SSSR count). The van der Waals surface area contributed by atoms with Gasteiger partial charge in [0.05, 0.1) is 10.8 Å². The van der Waals surface area contributed by atoms with Crippen LogP contribution in [0, 0.1) is 0 Å². The van der Waals surface area contributed by atoms with E-state index in [-0.39, 0.29) is 11.2 Å². The van der Waals surface area contributed by atoms with Gasteiger partial charge >= 0.3 is 0 Å². The number of para-hydroxylation sites is 1. The summed E-state index contributed by atoms with van der Waals surface area (Å²) >= 11 is 5.20. The molecular weight excluding hydrogens is 336 g/mol. The van der Waals surface area contributed by atoms with Crippen molar-refractivity contribution in [3.05, 3.63) is 33.9 Å². The third-order valence-electron chi connectivity index (χ3n) is 3.97. The minimum absolute atomic E-state index is 0.0356. The van der Waals surface area contributed by atoms with E-state index in [2.05, 4.69) is 27.0 Å². The summed E-state index contributed by atoms with van der Waals surface area (Å²) in [7, 11) is 0. The highest BCUT2D eigenvalue weighted by atomic mass is 79.9. The van der Waals surface area contributed by atoms with E-state index in [4.69, 9.17) is 0 Å². The molecule has 1 aromatic heterocycles. The number of hydrogen-bond acceptors (Lipinski definition) is 2. The third-order valence-corrected chi connectivity index (χ3v) is 5.54. The molecule has 1 aliphatic heterocycles. The zero-order valence-electron chi connectivity index (χ0n) is 11.6. The molecule has 0 aliphatic carbocycles. The molecule has 1 aliphatic rings. The number of rotatable bonds is 2. The minimum Gasteiger partial charge on any atom is -0.357 e. The number of aromatic nitrogens is 1. The van der Waals surface area contributed by atoms with E-state index in [1.807, 2.05) is 30.2 Å². The second-order valence-corrected chi connectivity index (χ2v) is 7.17. The molecule has 2 heterocycles. The highest BCUT2D eigenvalue weighted by molar-refractivity contribution is 9.10. The Morgan fingerprint density at radius 2 is 2.30 bits per heavy atom. The molecule has 0 saturated heterocycles. The van der Waals surface area contributed by atoms with Crippen LogP contribution >= 0.6 is 27.7 Å². The van der Waals surface area contributed by atoms with E-state index in [0.717, 1.165) is 29.5 Å². The Labute approximate surface area is 131 Å². The number of thioether (sulfide) groups is 1. The molecule has 0 spiro atoms. The number of nitrogens with one attached hydrogen (secondary N) is 1. The van der Waals surface area contributed by atoms with Crippen LogP contribution in [-0.4, -0.2) is 33.8 Å². The maximum absolute atomic E-state index is 12.3. The van der Waals surface area contributed by atoms with Gasteiger partial charge in [0.15, 0.2) is 0 Å². The molecule has 5 heteroatoms. The van der Waals surface area contributed by atoms with Gasteiger partial charge in [-0.3, -0.25) is 4.79 Å². The van der Waals surface area contributed by atoms with Crippen LogP contribution in [0.2, 0.25) is 0 Å². The number of carbonyl (C=O) groups is 1. The van der Waals surface area contributed by atoms with Crippen molar-refractivity contribution in [3.8, 4) is 0 Å². The van der Waals surface area contributed by atoms with Gasteiger partial charge < -0.3 is 9.88 Å². The van der Waals surface area contributed by atoms with Crippen LogP contribution in [0.15, 0.2) is 22.7 Å².